The van der Waals surface area contributed by atoms with Gasteiger partial charge in [-0.2, -0.15) is 0 Å². The fourth-order valence-corrected chi connectivity index (χ4v) is 3.78. The Kier molecular flexibility index (Phi) is 9.51. The molecular formula is C22H29ClN3O2S+. The lowest BCUT2D eigenvalue weighted by atomic mass is 10.2. The molecule has 1 unspecified atom stereocenters. The summed E-state index contributed by atoms with van der Waals surface area (Å²) in [6.45, 7) is 6.24. The number of amides is 2. The van der Waals surface area contributed by atoms with Crippen molar-refractivity contribution in [1.29, 1.82) is 0 Å². The number of carbonyl (C=O) groups excluding carboxylic acids is 2. The quantitative estimate of drug-likeness (QED) is 0.536. The summed E-state index contributed by atoms with van der Waals surface area (Å²) >= 11 is 7.45. The second-order valence-corrected chi connectivity index (χ2v) is 8.57. The van der Waals surface area contributed by atoms with Crippen LogP contribution in [-0.4, -0.2) is 38.5 Å². The molecule has 2 rings (SSSR count). The van der Waals surface area contributed by atoms with E-state index in [4.69, 9.17) is 11.6 Å². The number of carbonyl (C=O) groups is 2. The number of hydrogen-bond donors (Lipinski definition) is 3. The Hall–Kier alpha value is -2.02. The third kappa shape index (κ3) is 8.09. The molecule has 0 spiro atoms. The van der Waals surface area contributed by atoms with Gasteiger partial charge in [-0.15, -0.1) is 0 Å². The van der Waals surface area contributed by atoms with E-state index in [1.807, 2.05) is 30.3 Å². The van der Waals surface area contributed by atoms with Gasteiger partial charge in [0.05, 0.1) is 32.4 Å². The smallest absolute Gasteiger partial charge is 0.251 e. The normalized spacial score (nSPS) is 11.7. The highest BCUT2D eigenvalue weighted by Crippen LogP contribution is 2.34. The van der Waals surface area contributed by atoms with Gasteiger partial charge in [-0.1, -0.05) is 36.7 Å². The van der Waals surface area contributed by atoms with Crippen LogP contribution in [0.4, 0.5) is 5.69 Å². The highest BCUT2D eigenvalue weighted by atomic mass is 35.5. The summed E-state index contributed by atoms with van der Waals surface area (Å²) < 4.78 is 0. The maximum Gasteiger partial charge on any atom is 0.251 e. The number of anilines is 1. The maximum absolute atomic E-state index is 12.5. The van der Waals surface area contributed by atoms with Crippen LogP contribution < -0.4 is 15.5 Å². The highest BCUT2D eigenvalue weighted by Gasteiger charge is 2.12. The highest BCUT2D eigenvalue weighted by molar-refractivity contribution is 7.99. The minimum Gasteiger partial charge on any atom is -0.346 e. The predicted octanol–water partition coefficient (Wildman–Crippen LogP) is 3.49. The van der Waals surface area contributed by atoms with Crippen LogP contribution in [0.15, 0.2) is 52.3 Å². The molecule has 156 valence electrons. The zero-order chi connectivity index (χ0) is 21.2. The SMILES string of the molecule is CCCC[NH+](C)CCNC(=O)c1ccc(Sc2ccc(Cl)cc2)c(NC(C)=O)c1. The van der Waals surface area contributed by atoms with Gasteiger partial charge in [0, 0.05) is 27.3 Å². The van der Waals surface area contributed by atoms with E-state index in [9.17, 15) is 9.59 Å². The molecule has 3 N–H and O–H groups in total. The Balaban J connectivity index is 2.06. The lowest BCUT2D eigenvalue weighted by Gasteiger charge is -2.15. The van der Waals surface area contributed by atoms with Crippen molar-refractivity contribution in [2.24, 2.45) is 0 Å². The second-order valence-electron chi connectivity index (χ2n) is 7.01. The number of hydrogen-bond acceptors (Lipinski definition) is 3. The molecule has 0 aliphatic rings. The summed E-state index contributed by atoms with van der Waals surface area (Å²) in [6, 6.07) is 12.9. The van der Waals surface area contributed by atoms with Crippen molar-refractivity contribution in [2.45, 2.75) is 36.5 Å². The molecule has 0 heterocycles. The number of nitrogens with one attached hydrogen (secondary N) is 3. The van der Waals surface area contributed by atoms with E-state index >= 15 is 0 Å². The summed E-state index contributed by atoms with van der Waals surface area (Å²) in [5.41, 5.74) is 1.15. The van der Waals surface area contributed by atoms with E-state index in [0.717, 1.165) is 22.9 Å². The third-order valence-electron chi connectivity index (χ3n) is 4.39. The topological polar surface area (TPSA) is 62.6 Å². The van der Waals surface area contributed by atoms with Crippen LogP contribution >= 0.6 is 23.4 Å². The van der Waals surface area contributed by atoms with Crippen molar-refractivity contribution in [3.8, 4) is 0 Å². The van der Waals surface area contributed by atoms with Crippen LogP contribution in [0.1, 0.15) is 37.0 Å². The van der Waals surface area contributed by atoms with Crippen molar-refractivity contribution in [3.63, 3.8) is 0 Å². The summed E-state index contributed by atoms with van der Waals surface area (Å²) in [4.78, 5) is 27.4. The Labute approximate surface area is 182 Å². The lowest BCUT2D eigenvalue weighted by molar-refractivity contribution is -0.878. The fourth-order valence-electron chi connectivity index (χ4n) is 2.77. The summed E-state index contributed by atoms with van der Waals surface area (Å²) in [7, 11) is 2.14. The van der Waals surface area contributed by atoms with Crippen LogP contribution in [0.5, 0.6) is 0 Å². The van der Waals surface area contributed by atoms with E-state index in [-0.39, 0.29) is 11.8 Å². The Morgan fingerprint density at radius 1 is 1.10 bits per heavy atom. The van der Waals surface area contributed by atoms with E-state index in [1.165, 1.54) is 36.4 Å². The van der Waals surface area contributed by atoms with E-state index in [2.05, 4.69) is 24.6 Å². The molecule has 2 aromatic carbocycles. The molecule has 0 aromatic heterocycles. The van der Waals surface area contributed by atoms with Gasteiger partial charge >= 0.3 is 0 Å². The molecule has 0 saturated carbocycles. The molecule has 0 saturated heterocycles. The Bertz CT molecular complexity index is 827. The van der Waals surface area contributed by atoms with Gasteiger partial charge in [0.1, 0.15) is 0 Å². The largest absolute Gasteiger partial charge is 0.346 e. The molecule has 1 atom stereocenters. The number of rotatable bonds is 10. The average Bonchev–Trinajstić information content (AvgIpc) is 2.68. The van der Waals surface area contributed by atoms with Gasteiger partial charge < -0.3 is 15.5 Å². The van der Waals surface area contributed by atoms with Gasteiger partial charge in [-0.25, -0.2) is 0 Å². The van der Waals surface area contributed by atoms with E-state index in [1.54, 1.807) is 12.1 Å². The van der Waals surface area contributed by atoms with Gasteiger partial charge in [-0.05, 0) is 48.9 Å². The van der Waals surface area contributed by atoms with Crippen LogP contribution in [0, 0.1) is 0 Å². The molecular weight excluding hydrogens is 406 g/mol. The van der Waals surface area contributed by atoms with Gasteiger partial charge in [0.2, 0.25) is 5.91 Å². The zero-order valence-electron chi connectivity index (χ0n) is 17.2. The molecule has 29 heavy (non-hydrogen) atoms. The molecule has 0 aliphatic heterocycles. The number of quaternary nitrogens is 1. The standard InChI is InChI=1S/C22H28ClN3O2S/c1-4-5-13-26(3)14-12-24-22(28)17-6-11-21(20(15-17)25-16(2)27)29-19-9-7-18(23)8-10-19/h6-11,15H,4-5,12-14H2,1-3H3,(H,24,28)(H,25,27)/p+1. The molecule has 2 amide bonds. The van der Waals surface area contributed by atoms with Crippen LogP contribution in [0.2, 0.25) is 5.02 Å². The third-order valence-corrected chi connectivity index (χ3v) is 5.72. The van der Waals surface area contributed by atoms with Crippen molar-refractivity contribution in [2.75, 3.05) is 32.0 Å². The van der Waals surface area contributed by atoms with Crippen LogP contribution in [0.25, 0.3) is 0 Å². The number of benzene rings is 2. The van der Waals surface area contributed by atoms with Crippen molar-refractivity contribution in [1.82, 2.24) is 5.32 Å². The van der Waals surface area contributed by atoms with Gasteiger partial charge in [-0.3, -0.25) is 9.59 Å². The van der Waals surface area contributed by atoms with Crippen LogP contribution in [0.3, 0.4) is 0 Å². The first-order valence-corrected chi connectivity index (χ1v) is 11.0. The minimum absolute atomic E-state index is 0.136. The summed E-state index contributed by atoms with van der Waals surface area (Å²) in [5.74, 6) is -0.315. The summed E-state index contributed by atoms with van der Waals surface area (Å²) in [5, 5.41) is 6.47. The second kappa shape index (κ2) is 11.9. The molecule has 5 nitrogen and oxygen atoms in total. The summed E-state index contributed by atoms with van der Waals surface area (Å²) in [6.07, 6.45) is 2.36. The van der Waals surface area contributed by atoms with E-state index in [0.29, 0.717) is 22.8 Å². The van der Waals surface area contributed by atoms with Crippen LogP contribution in [-0.2, 0) is 4.79 Å². The maximum atomic E-state index is 12.5. The first-order chi connectivity index (χ1) is 13.9. The lowest BCUT2D eigenvalue weighted by Crippen LogP contribution is -3.09. The van der Waals surface area contributed by atoms with Gasteiger partial charge in [0.25, 0.3) is 5.91 Å². The monoisotopic (exact) mass is 434 g/mol. The molecule has 0 bridgehead atoms. The first kappa shape index (κ1) is 23.3. The minimum atomic E-state index is -0.179. The Morgan fingerprint density at radius 2 is 1.83 bits per heavy atom. The molecule has 0 radical (unpaired) electrons. The zero-order valence-corrected chi connectivity index (χ0v) is 18.8. The van der Waals surface area contributed by atoms with Gasteiger partial charge in [0.15, 0.2) is 0 Å². The van der Waals surface area contributed by atoms with E-state index < -0.39 is 0 Å². The molecule has 2 aromatic rings. The fraction of sp³-hybridized carbons (Fsp3) is 0.364. The number of likely N-dealkylation sites (N-methyl/N-ethyl adjacent to an activating group) is 1. The molecule has 0 fully saturated rings. The van der Waals surface area contributed by atoms with Crippen molar-refractivity contribution >= 4 is 40.9 Å². The number of halogens is 1. The Morgan fingerprint density at radius 3 is 2.48 bits per heavy atom. The first-order valence-electron chi connectivity index (χ1n) is 9.83. The molecule has 0 aliphatic carbocycles. The number of unbranched alkanes of at least 4 members (excludes halogenated alkanes) is 1. The van der Waals surface area contributed by atoms with Crippen molar-refractivity contribution < 1.29 is 14.5 Å². The average molecular weight is 435 g/mol. The predicted molar refractivity (Wildman–Crippen MR) is 120 cm³/mol. The molecule has 7 heteroatoms. The van der Waals surface area contributed by atoms with Crippen molar-refractivity contribution in [3.05, 3.63) is 53.1 Å².